The minimum Gasteiger partial charge on any atom is -0.496 e. The lowest BCUT2D eigenvalue weighted by Gasteiger charge is -2.06. The van der Waals surface area contributed by atoms with Crippen LogP contribution in [-0.2, 0) is 0 Å². The molecule has 0 aliphatic heterocycles. The van der Waals surface area contributed by atoms with Gasteiger partial charge in [-0.05, 0) is 12.1 Å². The summed E-state index contributed by atoms with van der Waals surface area (Å²) in [5.74, 6) is 1.53. The third kappa shape index (κ3) is 1.84. The van der Waals surface area contributed by atoms with Crippen LogP contribution in [0, 0.1) is 0 Å². The van der Waals surface area contributed by atoms with E-state index < -0.39 is 0 Å². The number of para-hydroxylation sites is 1. The van der Waals surface area contributed by atoms with Crippen LogP contribution in [0.2, 0.25) is 0 Å². The zero-order valence-electron chi connectivity index (χ0n) is 11.5. The molecule has 0 radical (unpaired) electrons. The van der Waals surface area contributed by atoms with Gasteiger partial charge in [-0.15, -0.1) is 5.10 Å². The molecular formula is C17H13N3O. The number of benzene rings is 2. The molecule has 102 valence electrons. The van der Waals surface area contributed by atoms with Crippen molar-refractivity contribution in [3.63, 3.8) is 0 Å². The highest BCUT2D eigenvalue weighted by atomic mass is 16.5. The Morgan fingerprint density at radius 2 is 1.71 bits per heavy atom. The first-order valence-corrected chi connectivity index (χ1v) is 6.75. The van der Waals surface area contributed by atoms with E-state index in [2.05, 4.69) is 10.1 Å². The van der Waals surface area contributed by atoms with Crippen LogP contribution in [0.4, 0.5) is 0 Å². The molecule has 0 saturated heterocycles. The van der Waals surface area contributed by atoms with Gasteiger partial charge < -0.3 is 4.74 Å². The van der Waals surface area contributed by atoms with Gasteiger partial charge >= 0.3 is 0 Å². The summed E-state index contributed by atoms with van der Waals surface area (Å²) in [5, 5.41) is 5.66. The highest BCUT2D eigenvalue weighted by Crippen LogP contribution is 2.28. The SMILES string of the molecule is COc1cc2nc(-c3ccccc3)nn2c2ccccc12. The fourth-order valence-electron chi connectivity index (χ4n) is 2.53. The maximum absolute atomic E-state index is 5.47. The molecule has 0 bridgehead atoms. The van der Waals surface area contributed by atoms with E-state index in [4.69, 9.17) is 4.74 Å². The van der Waals surface area contributed by atoms with Crippen LogP contribution in [0.15, 0.2) is 60.7 Å². The van der Waals surface area contributed by atoms with Crippen LogP contribution in [0.3, 0.4) is 0 Å². The number of hydrogen-bond donors (Lipinski definition) is 0. The molecule has 0 aliphatic carbocycles. The molecule has 21 heavy (non-hydrogen) atoms. The van der Waals surface area contributed by atoms with E-state index in [-0.39, 0.29) is 0 Å². The van der Waals surface area contributed by atoms with Crippen LogP contribution in [-0.4, -0.2) is 21.7 Å². The van der Waals surface area contributed by atoms with Crippen LogP contribution < -0.4 is 4.74 Å². The Hall–Kier alpha value is -2.88. The Kier molecular flexibility index (Phi) is 2.60. The molecule has 4 nitrogen and oxygen atoms in total. The first-order chi connectivity index (χ1) is 10.4. The van der Waals surface area contributed by atoms with E-state index in [0.717, 1.165) is 27.9 Å². The first kappa shape index (κ1) is 11.9. The van der Waals surface area contributed by atoms with E-state index >= 15 is 0 Å². The minimum atomic E-state index is 0.717. The molecule has 4 rings (SSSR count). The van der Waals surface area contributed by atoms with Crippen molar-refractivity contribution in [3.05, 3.63) is 60.7 Å². The highest BCUT2D eigenvalue weighted by Gasteiger charge is 2.11. The van der Waals surface area contributed by atoms with Crippen LogP contribution in [0.1, 0.15) is 0 Å². The molecule has 2 aromatic carbocycles. The molecule has 0 amide bonds. The average molecular weight is 275 g/mol. The second-order valence-electron chi connectivity index (χ2n) is 4.80. The molecule has 4 heteroatoms. The Morgan fingerprint density at radius 1 is 0.952 bits per heavy atom. The van der Waals surface area contributed by atoms with Gasteiger partial charge in [0.2, 0.25) is 0 Å². The van der Waals surface area contributed by atoms with E-state index in [1.54, 1.807) is 7.11 Å². The van der Waals surface area contributed by atoms with Gasteiger partial charge in [-0.2, -0.15) is 0 Å². The van der Waals surface area contributed by atoms with E-state index in [9.17, 15) is 0 Å². The van der Waals surface area contributed by atoms with Gasteiger partial charge in [-0.1, -0.05) is 42.5 Å². The second kappa shape index (κ2) is 4.59. The van der Waals surface area contributed by atoms with E-state index in [0.29, 0.717) is 5.82 Å². The molecule has 4 aromatic rings. The Balaban J connectivity index is 2.06. The minimum absolute atomic E-state index is 0.717. The lowest BCUT2D eigenvalue weighted by atomic mass is 10.2. The molecule has 0 atom stereocenters. The first-order valence-electron chi connectivity index (χ1n) is 6.75. The van der Waals surface area contributed by atoms with E-state index in [1.165, 1.54) is 0 Å². The summed E-state index contributed by atoms with van der Waals surface area (Å²) in [7, 11) is 1.67. The number of aromatic nitrogens is 3. The summed E-state index contributed by atoms with van der Waals surface area (Å²) < 4.78 is 7.33. The number of rotatable bonds is 2. The molecule has 0 N–H and O–H groups in total. The van der Waals surface area contributed by atoms with Crippen molar-refractivity contribution in [2.24, 2.45) is 0 Å². The summed E-state index contributed by atoms with van der Waals surface area (Å²) in [6.07, 6.45) is 0. The Morgan fingerprint density at radius 3 is 2.52 bits per heavy atom. The lowest BCUT2D eigenvalue weighted by Crippen LogP contribution is -1.93. The maximum atomic E-state index is 5.47. The smallest absolute Gasteiger partial charge is 0.182 e. The average Bonchev–Trinajstić information content (AvgIpc) is 2.99. The number of pyridine rings is 1. The Labute approximate surface area is 121 Å². The molecule has 0 aliphatic rings. The second-order valence-corrected chi connectivity index (χ2v) is 4.80. The van der Waals surface area contributed by atoms with Crippen molar-refractivity contribution in [2.75, 3.05) is 7.11 Å². The molecular weight excluding hydrogens is 262 g/mol. The number of ether oxygens (including phenoxy) is 1. The number of nitrogens with zero attached hydrogens (tertiary/aromatic N) is 3. The van der Waals surface area contributed by atoms with Crippen LogP contribution in [0.5, 0.6) is 5.75 Å². The monoisotopic (exact) mass is 275 g/mol. The molecule has 0 saturated carbocycles. The third-order valence-corrected chi connectivity index (χ3v) is 3.54. The lowest BCUT2D eigenvalue weighted by molar-refractivity contribution is 0.420. The van der Waals surface area contributed by atoms with Gasteiger partial charge in [-0.3, -0.25) is 0 Å². The fraction of sp³-hybridized carbons (Fsp3) is 0.0588. The molecule has 0 fully saturated rings. The van der Waals surface area contributed by atoms with Crippen LogP contribution >= 0.6 is 0 Å². The number of fused-ring (bicyclic) bond motifs is 3. The number of hydrogen-bond acceptors (Lipinski definition) is 3. The fourth-order valence-corrected chi connectivity index (χ4v) is 2.53. The van der Waals surface area contributed by atoms with Crippen molar-refractivity contribution in [2.45, 2.75) is 0 Å². The van der Waals surface area contributed by atoms with Gasteiger partial charge in [0.1, 0.15) is 5.75 Å². The van der Waals surface area contributed by atoms with Crippen molar-refractivity contribution in [1.82, 2.24) is 14.6 Å². The largest absolute Gasteiger partial charge is 0.496 e. The van der Waals surface area contributed by atoms with Crippen molar-refractivity contribution in [1.29, 1.82) is 0 Å². The summed E-state index contributed by atoms with van der Waals surface area (Å²) in [4.78, 5) is 4.61. The highest BCUT2D eigenvalue weighted by molar-refractivity contribution is 5.88. The van der Waals surface area contributed by atoms with Crippen molar-refractivity contribution >= 4 is 16.6 Å². The predicted octanol–water partition coefficient (Wildman–Crippen LogP) is 3.56. The maximum Gasteiger partial charge on any atom is 0.182 e. The topological polar surface area (TPSA) is 39.4 Å². The zero-order valence-corrected chi connectivity index (χ0v) is 11.5. The van der Waals surface area contributed by atoms with Gasteiger partial charge in [0.25, 0.3) is 0 Å². The predicted molar refractivity (Wildman–Crippen MR) is 82.5 cm³/mol. The summed E-state index contributed by atoms with van der Waals surface area (Å²) >= 11 is 0. The molecule has 0 unspecified atom stereocenters. The van der Waals surface area contributed by atoms with E-state index in [1.807, 2.05) is 65.2 Å². The van der Waals surface area contributed by atoms with Gasteiger partial charge in [0.15, 0.2) is 11.5 Å². The quantitative estimate of drug-likeness (QED) is 0.561. The normalized spacial score (nSPS) is 11.1. The standard InChI is InChI=1S/C17H13N3O/c1-21-15-11-16-18-17(12-7-3-2-4-8-12)19-20(16)14-10-6-5-9-13(14)15/h2-11H,1H3. The molecule has 2 aromatic heterocycles. The van der Waals surface area contributed by atoms with Gasteiger partial charge in [0, 0.05) is 17.0 Å². The molecule has 2 heterocycles. The summed E-state index contributed by atoms with van der Waals surface area (Å²) in [6, 6.07) is 19.9. The van der Waals surface area contributed by atoms with Crippen molar-refractivity contribution in [3.8, 4) is 17.1 Å². The van der Waals surface area contributed by atoms with Crippen LogP contribution in [0.25, 0.3) is 27.9 Å². The zero-order chi connectivity index (χ0) is 14.2. The number of methoxy groups -OCH3 is 1. The Bertz CT molecular complexity index is 929. The third-order valence-electron chi connectivity index (χ3n) is 3.54. The molecule has 0 spiro atoms. The van der Waals surface area contributed by atoms with Crippen molar-refractivity contribution < 1.29 is 4.74 Å². The summed E-state index contributed by atoms with van der Waals surface area (Å²) in [6.45, 7) is 0. The van der Waals surface area contributed by atoms with Gasteiger partial charge in [0.05, 0.1) is 12.6 Å². The summed E-state index contributed by atoms with van der Waals surface area (Å²) in [5.41, 5.74) is 2.77. The van der Waals surface area contributed by atoms with Gasteiger partial charge in [-0.25, -0.2) is 9.50 Å².